The Kier molecular flexibility index (Phi) is 6.29. The second kappa shape index (κ2) is 8.71. The molecule has 152 valence electrons. The van der Waals surface area contributed by atoms with Crippen LogP contribution >= 0.6 is 15.9 Å². The number of likely N-dealkylation sites (N-methyl/N-ethyl adjacent to an activating group) is 1. The molecule has 2 aromatic rings. The monoisotopic (exact) mass is 462 g/mol. The van der Waals surface area contributed by atoms with Crippen molar-refractivity contribution in [2.45, 2.75) is 13.0 Å². The Balaban J connectivity index is 2.17. The van der Waals surface area contributed by atoms with Crippen LogP contribution in [0.2, 0.25) is 0 Å². The smallest absolute Gasteiger partial charge is 0.319 e. The number of amides is 3. The lowest BCUT2D eigenvalue weighted by atomic mass is 9.99. The molecule has 0 fully saturated rings. The summed E-state index contributed by atoms with van der Waals surface area (Å²) in [6.07, 6.45) is 0. The number of fused-ring (bicyclic) bond motifs is 1. The normalized spacial score (nSPS) is 16.0. The van der Waals surface area contributed by atoms with Gasteiger partial charge < -0.3 is 20.6 Å². The molecule has 0 saturated heterocycles. The van der Waals surface area contributed by atoms with Crippen LogP contribution in [0.1, 0.15) is 18.1 Å². The number of nitrogens with zero attached hydrogens (tertiary/aromatic N) is 2. The van der Waals surface area contributed by atoms with Gasteiger partial charge in [-0.25, -0.2) is 9.18 Å². The number of urea groups is 1. The number of benzene rings is 2. The highest BCUT2D eigenvalue weighted by atomic mass is 79.9. The van der Waals surface area contributed by atoms with Crippen LogP contribution in [0.4, 0.5) is 20.6 Å². The standard InChI is InChI=1S/C20H20BrFN4O3/c1-11-19(28)26(2)15-8-7-14(25-20(29)23-9-10-27)17(21)16(15)18(24-11)12-5-3-4-6-13(12)22/h3-8,11,27H,9-10H2,1-2H3,(H2,23,25,29). The first-order valence-electron chi connectivity index (χ1n) is 8.94. The van der Waals surface area contributed by atoms with E-state index in [4.69, 9.17) is 5.11 Å². The van der Waals surface area contributed by atoms with Gasteiger partial charge in [0.1, 0.15) is 11.9 Å². The van der Waals surface area contributed by atoms with Crippen LogP contribution in [-0.4, -0.2) is 49.0 Å². The van der Waals surface area contributed by atoms with Crippen molar-refractivity contribution in [1.29, 1.82) is 0 Å². The summed E-state index contributed by atoms with van der Waals surface area (Å²) in [5.41, 5.74) is 2.02. The number of anilines is 2. The molecular formula is C20H20BrFN4O3. The Bertz CT molecular complexity index is 996. The lowest BCUT2D eigenvalue weighted by molar-refractivity contribution is -0.119. The third kappa shape index (κ3) is 4.15. The van der Waals surface area contributed by atoms with Crippen molar-refractivity contribution in [2.24, 2.45) is 4.99 Å². The summed E-state index contributed by atoms with van der Waals surface area (Å²) in [5, 5.41) is 14.0. The summed E-state index contributed by atoms with van der Waals surface area (Å²) in [4.78, 5) is 30.7. The quantitative estimate of drug-likeness (QED) is 0.651. The molecule has 1 aliphatic heterocycles. The second-order valence-electron chi connectivity index (χ2n) is 6.46. The SMILES string of the molecule is CC1N=C(c2ccccc2F)c2c(ccc(NC(=O)NCCO)c2Br)N(C)C1=O. The van der Waals surface area contributed by atoms with Gasteiger partial charge in [0, 0.05) is 24.7 Å². The molecule has 0 aliphatic carbocycles. The van der Waals surface area contributed by atoms with Gasteiger partial charge in [-0.05, 0) is 47.1 Å². The van der Waals surface area contributed by atoms with Crippen LogP contribution in [0.15, 0.2) is 45.9 Å². The molecule has 0 spiro atoms. The fraction of sp³-hybridized carbons (Fsp3) is 0.250. The molecule has 1 aliphatic rings. The van der Waals surface area contributed by atoms with E-state index < -0.39 is 17.9 Å². The Morgan fingerprint density at radius 3 is 2.72 bits per heavy atom. The average molecular weight is 463 g/mol. The van der Waals surface area contributed by atoms with E-state index in [1.807, 2.05) is 0 Å². The van der Waals surface area contributed by atoms with Crippen LogP contribution in [0.25, 0.3) is 0 Å². The average Bonchev–Trinajstić information content (AvgIpc) is 2.79. The number of benzodiazepines with no additional fused rings is 1. The number of carbonyl (C=O) groups is 2. The topological polar surface area (TPSA) is 94.0 Å². The van der Waals surface area contributed by atoms with Crippen molar-refractivity contribution in [3.05, 3.63) is 57.8 Å². The third-order valence-corrected chi connectivity index (χ3v) is 5.33. The lowest BCUT2D eigenvalue weighted by Gasteiger charge is -2.21. The highest BCUT2D eigenvalue weighted by Gasteiger charge is 2.30. The first-order valence-corrected chi connectivity index (χ1v) is 9.73. The van der Waals surface area contributed by atoms with E-state index in [-0.39, 0.29) is 24.6 Å². The fourth-order valence-electron chi connectivity index (χ4n) is 3.07. The van der Waals surface area contributed by atoms with Crippen molar-refractivity contribution in [1.82, 2.24) is 5.32 Å². The number of carbonyl (C=O) groups excluding carboxylic acids is 2. The Labute approximate surface area is 175 Å². The van der Waals surface area contributed by atoms with E-state index in [0.717, 1.165) is 0 Å². The highest BCUT2D eigenvalue weighted by molar-refractivity contribution is 9.10. The van der Waals surface area contributed by atoms with E-state index in [9.17, 15) is 14.0 Å². The molecule has 3 N–H and O–H groups in total. The first-order chi connectivity index (χ1) is 13.8. The number of hydrogen-bond acceptors (Lipinski definition) is 4. The number of hydrogen-bond donors (Lipinski definition) is 3. The molecule has 0 aromatic heterocycles. The van der Waals surface area contributed by atoms with Crippen molar-refractivity contribution in [2.75, 3.05) is 30.4 Å². The van der Waals surface area contributed by atoms with Gasteiger partial charge in [0.25, 0.3) is 5.91 Å². The number of aliphatic imine (C=N–C) groups is 1. The number of aliphatic hydroxyl groups excluding tert-OH is 1. The summed E-state index contributed by atoms with van der Waals surface area (Å²) in [5.74, 6) is -0.696. The zero-order chi connectivity index (χ0) is 21.1. The van der Waals surface area contributed by atoms with Crippen molar-refractivity contribution in [3.8, 4) is 0 Å². The van der Waals surface area contributed by atoms with Crippen molar-refractivity contribution >= 4 is 45.0 Å². The maximum Gasteiger partial charge on any atom is 0.319 e. The Morgan fingerprint density at radius 1 is 1.31 bits per heavy atom. The maximum absolute atomic E-state index is 14.6. The molecule has 0 saturated carbocycles. The third-order valence-electron chi connectivity index (χ3n) is 4.50. The summed E-state index contributed by atoms with van der Waals surface area (Å²) in [6, 6.07) is 8.30. The molecule has 0 radical (unpaired) electrons. The van der Waals surface area contributed by atoms with Crippen LogP contribution in [-0.2, 0) is 4.79 Å². The summed E-state index contributed by atoms with van der Waals surface area (Å²) >= 11 is 3.49. The first kappa shape index (κ1) is 20.9. The Morgan fingerprint density at radius 2 is 2.03 bits per heavy atom. The molecule has 7 nitrogen and oxygen atoms in total. The predicted molar refractivity (Wildman–Crippen MR) is 113 cm³/mol. The van der Waals surface area contributed by atoms with Gasteiger partial charge in [0.15, 0.2) is 0 Å². The molecule has 2 aromatic carbocycles. The van der Waals surface area contributed by atoms with E-state index >= 15 is 0 Å². The fourth-order valence-corrected chi connectivity index (χ4v) is 3.70. The van der Waals surface area contributed by atoms with E-state index in [0.29, 0.717) is 27.1 Å². The zero-order valence-corrected chi connectivity index (χ0v) is 17.5. The highest BCUT2D eigenvalue weighted by Crippen LogP contribution is 2.38. The second-order valence-corrected chi connectivity index (χ2v) is 7.25. The van der Waals surface area contributed by atoms with Gasteiger partial charge in [0.05, 0.1) is 28.2 Å². The maximum atomic E-state index is 14.6. The molecule has 29 heavy (non-hydrogen) atoms. The van der Waals surface area contributed by atoms with Crippen molar-refractivity contribution in [3.63, 3.8) is 0 Å². The number of rotatable bonds is 4. The van der Waals surface area contributed by atoms with E-state index in [1.54, 1.807) is 44.3 Å². The van der Waals surface area contributed by atoms with E-state index in [2.05, 4.69) is 31.6 Å². The van der Waals surface area contributed by atoms with Gasteiger partial charge in [-0.1, -0.05) is 12.1 Å². The Hall–Kier alpha value is -2.78. The summed E-state index contributed by atoms with van der Waals surface area (Å²) in [7, 11) is 1.63. The molecule has 3 amide bonds. The predicted octanol–water partition coefficient (Wildman–Crippen LogP) is 2.90. The van der Waals surface area contributed by atoms with Crippen molar-refractivity contribution < 1.29 is 19.1 Å². The van der Waals surface area contributed by atoms with Gasteiger partial charge in [-0.15, -0.1) is 0 Å². The molecule has 1 atom stereocenters. The molecule has 1 unspecified atom stereocenters. The minimum atomic E-state index is -0.710. The summed E-state index contributed by atoms with van der Waals surface area (Å²) in [6.45, 7) is 1.57. The molecule has 1 heterocycles. The van der Waals surface area contributed by atoms with Gasteiger partial charge in [-0.3, -0.25) is 9.79 Å². The molecule has 3 rings (SSSR count). The van der Waals surface area contributed by atoms with Crippen LogP contribution in [0, 0.1) is 5.82 Å². The molecule has 0 bridgehead atoms. The molecule has 9 heteroatoms. The largest absolute Gasteiger partial charge is 0.395 e. The zero-order valence-electron chi connectivity index (χ0n) is 15.9. The van der Waals surface area contributed by atoms with Gasteiger partial charge in [0.2, 0.25) is 0 Å². The lowest BCUT2D eigenvalue weighted by Crippen LogP contribution is -2.33. The minimum Gasteiger partial charge on any atom is -0.395 e. The number of aliphatic hydroxyl groups is 1. The van der Waals surface area contributed by atoms with Crippen LogP contribution < -0.4 is 15.5 Å². The van der Waals surface area contributed by atoms with Crippen LogP contribution in [0.3, 0.4) is 0 Å². The minimum absolute atomic E-state index is 0.102. The van der Waals surface area contributed by atoms with Gasteiger partial charge >= 0.3 is 6.03 Å². The number of halogens is 2. The summed E-state index contributed by atoms with van der Waals surface area (Å²) < 4.78 is 15.1. The van der Waals surface area contributed by atoms with Crippen LogP contribution in [0.5, 0.6) is 0 Å². The molecular weight excluding hydrogens is 443 g/mol. The van der Waals surface area contributed by atoms with Gasteiger partial charge in [-0.2, -0.15) is 0 Å². The number of nitrogens with one attached hydrogen (secondary N) is 2. The van der Waals surface area contributed by atoms with E-state index in [1.165, 1.54) is 11.0 Å².